The van der Waals surface area contributed by atoms with Crippen LogP contribution in [-0.4, -0.2) is 34.5 Å². The number of piperidine rings is 1. The first-order valence-corrected chi connectivity index (χ1v) is 11.6. The molecule has 0 N–H and O–H groups in total. The molecule has 3 aromatic rings. The van der Waals surface area contributed by atoms with Gasteiger partial charge in [-0.25, -0.2) is 13.8 Å². The molecule has 172 valence electrons. The van der Waals surface area contributed by atoms with Gasteiger partial charge in [-0.2, -0.15) is 4.98 Å². The average Bonchev–Trinajstić information content (AvgIpc) is 2.83. The summed E-state index contributed by atoms with van der Waals surface area (Å²) in [5, 5.41) is 0. The second kappa shape index (κ2) is 9.43. The molecule has 2 aliphatic heterocycles. The van der Waals surface area contributed by atoms with Crippen LogP contribution in [0, 0.1) is 18.6 Å². The molecule has 2 aliphatic rings. The van der Waals surface area contributed by atoms with E-state index in [9.17, 15) is 8.78 Å². The predicted molar refractivity (Wildman–Crippen MR) is 124 cm³/mol. The van der Waals surface area contributed by atoms with Crippen molar-refractivity contribution in [1.29, 1.82) is 0 Å². The molecule has 0 atom stereocenters. The van der Waals surface area contributed by atoms with Crippen molar-refractivity contribution in [1.82, 2.24) is 14.9 Å². The summed E-state index contributed by atoms with van der Waals surface area (Å²) in [5.74, 6) is -0.508. The highest BCUT2D eigenvalue weighted by Gasteiger charge is 2.26. The normalized spacial score (nSPS) is 16.5. The van der Waals surface area contributed by atoms with E-state index in [4.69, 9.17) is 14.7 Å². The summed E-state index contributed by atoms with van der Waals surface area (Å²) in [6.45, 7) is 6.27. The molecule has 0 unspecified atom stereocenters. The molecule has 1 aromatic heterocycles. The lowest BCUT2D eigenvalue weighted by Gasteiger charge is -2.32. The summed E-state index contributed by atoms with van der Waals surface area (Å²) in [7, 11) is 0. The van der Waals surface area contributed by atoms with Gasteiger partial charge >= 0.3 is 0 Å². The Balaban J connectivity index is 1.45. The SMILES string of the molecule is Cc1ccc(CN2CCc3nc(N4CCCCC4)nc(Oc4ccc(F)c(F)c4)c3C2)cc1. The number of aromatic nitrogens is 2. The van der Waals surface area contributed by atoms with E-state index in [0.717, 1.165) is 68.8 Å². The molecule has 7 heteroatoms. The monoisotopic (exact) mass is 450 g/mol. The van der Waals surface area contributed by atoms with Crippen LogP contribution in [0.4, 0.5) is 14.7 Å². The Hall–Kier alpha value is -3.06. The highest BCUT2D eigenvalue weighted by atomic mass is 19.2. The summed E-state index contributed by atoms with van der Waals surface area (Å²) >= 11 is 0. The lowest BCUT2D eigenvalue weighted by atomic mass is 10.0. The van der Waals surface area contributed by atoms with Gasteiger partial charge in [0.2, 0.25) is 11.8 Å². The number of halogens is 2. The molecule has 2 aromatic carbocycles. The summed E-state index contributed by atoms with van der Waals surface area (Å²) < 4.78 is 33.3. The van der Waals surface area contributed by atoms with Gasteiger partial charge in [-0.3, -0.25) is 4.90 Å². The molecule has 0 radical (unpaired) electrons. The van der Waals surface area contributed by atoms with Crippen molar-refractivity contribution >= 4 is 5.95 Å². The first kappa shape index (κ1) is 21.8. The Labute approximate surface area is 193 Å². The third-order valence-corrected chi connectivity index (χ3v) is 6.36. The Morgan fingerprint density at radius 2 is 1.70 bits per heavy atom. The Morgan fingerprint density at radius 1 is 0.909 bits per heavy atom. The molecule has 1 fully saturated rings. The van der Waals surface area contributed by atoms with Gasteiger partial charge in [0.25, 0.3) is 0 Å². The summed E-state index contributed by atoms with van der Waals surface area (Å²) in [5.41, 5.74) is 4.38. The minimum Gasteiger partial charge on any atom is -0.438 e. The van der Waals surface area contributed by atoms with Crippen LogP contribution in [-0.2, 0) is 19.5 Å². The fourth-order valence-corrected chi connectivity index (χ4v) is 4.49. The van der Waals surface area contributed by atoms with Crippen LogP contribution >= 0.6 is 0 Å². The van der Waals surface area contributed by atoms with E-state index in [-0.39, 0.29) is 5.75 Å². The Kier molecular flexibility index (Phi) is 6.22. The number of anilines is 1. The number of aryl methyl sites for hydroxylation is 1. The van der Waals surface area contributed by atoms with Crippen molar-refractivity contribution in [3.8, 4) is 11.6 Å². The highest BCUT2D eigenvalue weighted by Crippen LogP contribution is 2.33. The van der Waals surface area contributed by atoms with Crippen LogP contribution in [0.3, 0.4) is 0 Å². The third-order valence-electron chi connectivity index (χ3n) is 6.36. The molecule has 5 nitrogen and oxygen atoms in total. The summed E-state index contributed by atoms with van der Waals surface area (Å²) in [6.07, 6.45) is 4.24. The first-order valence-electron chi connectivity index (χ1n) is 11.6. The summed E-state index contributed by atoms with van der Waals surface area (Å²) in [6, 6.07) is 12.1. The highest BCUT2D eigenvalue weighted by molar-refractivity contribution is 5.44. The zero-order valence-electron chi connectivity index (χ0n) is 18.9. The van der Waals surface area contributed by atoms with Gasteiger partial charge in [0.05, 0.1) is 11.3 Å². The molecule has 0 saturated carbocycles. The number of hydrogen-bond donors (Lipinski definition) is 0. The molecule has 0 amide bonds. The van der Waals surface area contributed by atoms with Crippen molar-refractivity contribution < 1.29 is 13.5 Å². The van der Waals surface area contributed by atoms with Crippen LogP contribution in [0.15, 0.2) is 42.5 Å². The maximum Gasteiger partial charge on any atom is 0.228 e. The van der Waals surface area contributed by atoms with Crippen molar-refractivity contribution in [2.24, 2.45) is 0 Å². The second-order valence-corrected chi connectivity index (χ2v) is 8.93. The molecule has 5 rings (SSSR count). The smallest absolute Gasteiger partial charge is 0.228 e. The van der Waals surface area contributed by atoms with Crippen LogP contribution < -0.4 is 9.64 Å². The average molecular weight is 451 g/mol. The minimum absolute atomic E-state index is 0.232. The lowest BCUT2D eigenvalue weighted by molar-refractivity contribution is 0.238. The molecule has 33 heavy (non-hydrogen) atoms. The largest absolute Gasteiger partial charge is 0.438 e. The van der Waals surface area contributed by atoms with Crippen LogP contribution in [0.5, 0.6) is 11.6 Å². The zero-order valence-corrected chi connectivity index (χ0v) is 18.9. The van der Waals surface area contributed by atoms with Gasteiger partial charge in [0, 0.05) is 45.2 Å². The zero-order chi connectivity index (χ0) is 22.8. The van der Waals surface area contributed by atoms with E-state index >= 15 is 0 Å². The topological polar surface area (TPSA) is 41.5 Å². The first-order chi connectivity index (χ1) is 16.0. The fraction of sp³-hybridized carbons (Fsp3) is 0.385. The molecule has 0 aliphatic carbocycles. The molecular formula is C26H28F2N4O. The van der Waals surface area contributed by atoms with Gasteiger partial charge in [-0.15, -0.1) is 0 Å². The van der Waals surface area contributed by atoms with Gasteiger partial charge in [0.1, 0.15) is 5.75 Å². The number of nitrogens with zero attached hydrogens (tertiary/aromatic N) is 4. The van der Waals surface area contributed by atoms with E-state index in [0.29, 0.717) is 18.4 Å². The van der Waals surface area contributed by atoms with Crippen LogP contribution in [0.1, 0.15) is 41.6 Å². The number of rotatable bonds is 5. The quantitative estimate of drug-likeness (QED) is 0.520. The van der Waals surface area contributed by atoms with Crippen molar-refractivity contribution in [3.63, 3.8) is 0 Å². The van der Waals surface area contributed by atoms with Crippen LogP contribution in [0.25, 0.3) is 0 Å². The maximum absolute atomic E-state index is 13.8. The maximum atomic E-state index is 13.8. The number of fused-ring (bicyclic) bond motifs is 1. The Bertz CT molecular complexity index is 1130. The predicted octanol–water partition coefficient (Wildman–Crippen LogP) is 5.40. The lowest BCUT2D eigenvalue weighted by Crippen LogP contribution is -2.34. The van der Waals surface area contributed by atoms with Crippen molar-refractivity contribution in [2.75, 3.05) is 24.5 Å². The van der Waals surface area contributed by atoms with E-state index in [1.807, 2.05) is 0 Å². The minimum atomic E-state index is -0.937. The van der Waals surface area contributed by atoms with Crippen LogP contribution in [0.2, 0.25) is 0 Å². The number of ether oxygens (including phenoxy) is 1. The van der Waals surface area contributed by atoms with E-state index in [1.165, 1.54) is 23.6 Å². The van der Waals surface area contributed by atoms with Gasteiger partial charge in [-0.05, 0) is 43.9 Å². The second-order valence-electron chi connectivity index (χ2n) is 8.93. The van der Waals surface area contributed by atoms with E-state index in [1.54, 1.807) is 0 Å². The standard InChI is InChI=1S/C26H28F2N4O/c1-18-5-7-19(8-6-18)16-31-14-11-24-21(17-31)25(33-20-9-10-22(27)23(28)15-20)30-26(29-24)32-12-3-2-4-13-32/h5-10,15H,2-4,11-14,16-17H2,1H3. The van der Waals surface area contributed by atoms with Gasteiger partial charge < -0.3 is 9.64 Å². The molecular weight excluding hydrogens is 422 g/mol. The summed E-state index contributed by atoms with van der Waals surface area (Å²) in [4.78, 5) is 14.2. The number of hydrogen-bond acceptors (Lipinski definition) is 5. The van der Waals surface area contributed by atoms with E-state index in [2.05, 4.69) is 41.0 Å². The van der Waals surface area contributed by atoms with Crippen molar-refractivity contribution in [3.05, 3.63) is 76.5 Å². The molecule has 0 spiro atoms. The molecule has 1 saturated heterocycles. The van der Waals surface area contributed by atoms with E-state index < -0.39 is 11.6 Å². The Morgan fingerprint density at radius 3 is 2.45 bits per heavy atom. The fourth-order valence-electron chi connectivity index (χ4n) is 4.49. The van der Waals surface area contributed by atoms with Gasteiger partial charge in [0.15, 0.2) is 11.6 Å². The van der Waals surface area contributed by atoms with Gasteiger partial charge in [-0.1, -0.05) is 29.8 Å². The molecule has 3 heterocycles. The molecule has 0 bridgehead atoms. The number of benzene rings is 2. The van der Waals surface area contributed by atoms with Crippen molar-refractivity contribution in [2.45, 2.75) is 45.7 Å². The third kappa shape index (κ3) is 4.98.